The van der Waals surface area contributed by atoms with Crippen LogP contribution in [0.4, 0.5) is 0 Å². The predicted molar refractivity (Wildman–Crippen MR) is 89.7 cm³/mol. The molecule has 3 heteroatoms. The van der Waals surface area contributed by atoms with Gasteiger partial charge in [-0.05, 0) is 31.6 Å². The maximum Gasteiger partial charge on any atom is 0.245 e. The van der Waals surface area contributed by atoms with Crippen LogP contribution < -0.4 is 5.32 Å². The summed E-state index contributed by atoms with van der Waals surface area (Å²) in [7, 11) is 0. The fourth-order valence-electron chi connectivity index (χ4n) is 1.43. The topological polar surface area (TPSA) is 49.3 Å². The molecule has 0 heterocycles. The zero-order valence-corrected chi connectivity index (χ0v) is 13.5. The Labute approximate surface area is 129 Å². The molecule has 0 aliphatic heterocycles. The molecule has 2 N–H and O–H groups in total. The molecule has 0 saturated carbocycles. The fourth-order valence-corrected chi connectivity index (χ4v) is 1.43. The van der Waals surface area contributed by atoms with Crippen LogP contribution in [0.3, 0.4) is 0 Å². The van der Waals surface area contributed by atoms with Gasteiger partial charge in [0.25, 0.3) is 0 Å². The monoisotopic (exact) mass is 291 g/mol. The average Bonchev–Trinajstić information content (AvgIpc) is 2.44. The molecular weight excluding hydrogens is 262 g/mol. The van der Waals surface area contributed by atoms with Crippen molar-refractivity contribution in [3.05, 3.63) is 48.6 Å². The highest BCUT2D eigenvalue weighted by Gasteiger charge is 2.09. The SMILES string of the molecule is CC/C=C\C/C=C\CC/C=C/C=C/C(=O)NC(O)C(C)C. The van der Waals surface area contributed by atoms with Gasteiger partial charge in [-0.25, -0.2) is 0 Å². The van der Waals surface area contributed by atoms with Crippen molar-refractivity contribution in [1.29, 1.82) is 0 Å². The number of allylic oxidation sites excluding steroid dienone is 7. The zero-order chi connectivity index (χ0) is 15.9. The van der Waals surface area contributed by atoms with E-state index in [4.69, 9.17) is 0 Å². The number of hydrogen-bond acceptors (Lipinski definition) is 2. The lowest BCUT2D eigenvalue weighted by Gasteiger charge is -2.14. The van der Waals surface area contributed by atoms with Crippen LogP contribution in [0.5, 0.6) is 0 Å². The third kappa shape index (κ3) is 13.1. The molecule has 0 aliphatic carbocycles. The molecule has 0 rings (SSSR count). The van der Waals surface area contributed by atoms with Crippen molar-refractivity contribution < 1.29 is 9.90 Å². The van der Waals surface area contributed by atoms with E-state index < -0.39 is 6.23 Å². The Morgan fingerprint density at radius 3 is 2.38 bits per heavy atom. The summed E-state index contributed by atoms with van der Waals surface area (Å²) in [5.74, 6) is -0.264. The van der Waals surface area contributed by atoms with Gasteiger partial charge in [0.2, 0.25) is 5.91 Å². The van der Waals surface area contributed by atoms with E-state index in [1.54, 1.807) is 6.08 Å². The molecule has 0 aromatic heterocycles. The van der Waals surface area contributed by atoms with Crippen LogP contribution in [-0.2, 0) is 4.79 Å². The molecule has 0 aliphatic rings. The predicted octanol–water partition coefficient (Wildman–Crippen LogP) is 3.88. The molecular formula is C18H29NO2. The summed E-state index contributed by atoms with van der Waals surface area (Å²) in [6, 6.07) is 0. The molecule has 0 aromatic rings. The lowest BCUT2D eigenvalue weighted by atomic mass is 10.2. The highest BCUT2D eigenvalue weighted by atomic mass is 16.3. The van der Waals surface area contributed by atoms with E-state index in [1.165, 1.54) is 6.08 Å². The van der Waals surface area contributed by atoms with Gasteiger partial charge in [-0.2, -0.15) is 0 Å². The van der Waals surface area contributed by atoms with Gasteiger partial charge < -0.3 is 10.4 Å². The van der Waals surface area contributed by atoms with Gasteiger partial charge in [-0.3, -0.25) is 4.79 Å². The molecule has 0 fully saturated rings. The maximum absolute atomic E-state index is 11.4. The molecule has 0 aromatic carbocycles. The van der Waals surface area contributed by atoms with Gasteiger partial charge in [-0.15, -0.1) is 0 Å². The van der Waals surface area contributed by atoms with Crippen LogP contribution in [-0.4, -0.2) is 17.2 Å². The molecule has 0 radical (unpaired) electrons. The number of rotatable bonds is 10. The second kappa shape index (κ2) is 13.4. The first-order valence-corrected chi connectivity index (χ1v) is 7.69. The van der Waals surface area contributed by atoms with Gasteiger partial charge in [-0.1, -0.05) is 63.3 Å². The lowest BCUT2D eigenvalue weighted by Crippen LogP contribution is -2.37. The van der Waals surface area contributed by atoms with E-state index >= 15 is 0 Å². The Morgan fingerprint density at radius 2 is 1.71 bits per heavy atom. The van der Waals surface area contributed by atoms with E-state index in [2.05, 4.69) is 36.5 Å². The summed E-state index contributed by atoms with van der Waals surface area (Å²) in [5.41, 5.74) is 0. The first-order valence-electron chi connectivity index (χ1n) is 7.69. The Kier molecular flexibility index (Phi) is 12.4. The Bertz CT molecular complexity index is 379. The summed E-state index contributed by atoms with van der Waals surface area (Å²) in [5, 5.41) is 12.0. The minimum atomic E-state index is -0.793. The number of hydrogen-bond donors (Lipinski definition) is 2. The quantitative estimate of drug-likeness (QED) is 0.211. The van der Waals surface area contributed by atoms with Crippen molar-refractivity contribution in [2.45, 2.75) is 52.7 Å². The second-order valence-corrected chi connectivity index (χ2v) is 5.15. The number of aliphatic hydroxyl groups is 1. The minimum absolute atomic E-state index is 0.0110. The molecule has 3 nitrogen and oxygen atoms in total. The molecule has 0 spiro atoms. The first kappa shape index (κ1) is 19.4. The van der Waals surface area contributed by atoms with Gasteiger partial charge in [0.1, 0.15) is 6.23 Å². The van der Waals surface area contributed by atoms with Crippen molar-refractivity contribution in [2.24, 2.45) is 5.92 Å². The highest BCUT2D eigenvalue weighted by molar-refractivity contribution is 5.87. The van der Waals surface area contributed by atoms with Crippen LogP contribution in [0.25, 0.3) is 0 Å². The van der Waals surface area contributed by atoms with Crippen molar-refractivity contribution in [3.8, 4) is 0 Å². The van der Waals surface area contributed by atoms with Gasteiger partial charge in [0, 0.05) is 6.08 Å². The first-order chi connectivity index (χ1) is 10.1. The molecule has 1 amide bonds. The van der Waals surface area contributed by atoms with E-state index in [9.17, 15) is 9.90 Å². The zero-order valence-electron chi connectivity index (χ0n) is 13.5. The van der Waals surface area contributed by atoms with Crippen LogP contribution in [0, 0.1) is 5.92 Å². The second-order valence-electron chi connectivity index (χ2n) is 5.15. The number of aliphatic hydroxyl groups excluding tert-OH is 1. The van der Waals surface area contributed by atoms with E-state index in [0.717, 1.165) is 25.7 Å². The Hall–Kier alpha value is -1.61. The largest absolute Gasteiger partial charge is 0.373 e. The Balaban J connectivity index is 3.73. The lowest BCUT2D eigenvalue weighted by molar-refractivity contribution is -0.120. The van der Waals surface area contributed by atoms with Crippen LogP contribution in [0.15, 0.2) is 48.6 Å². The standard InChI is InChI=1S/C18H29NO2/c1-4-5-6-7-8-9-10-11-12-13-14-15-17(20)19-18(21)16(2)3/h5-6,8-9,12-16,18,21H,4,7,10-11H2,1-3H3,(H,19,20)/b6-5-,9-8-,13-12+,15-14+. The van der Waals surface area contributed by atoms with Gasteiger partial charge >= 0.3 is 0 Å². The molecule has 1 atom stereocenters. The number of unbranched alkanes of at least 4 members (excludes halogenated alkanes) is 1. The third-order valence-corrected chi connectivity index (χ3v) is 2.76. The smallest absolute Gasteiger partial charge is 0.245 e. The summed E-state index contributed by atoms with van der Waals surface area (Å²) >= 11 is 0. The summed E-state index contributed by atoms with van der Waals surface area (Å²) in [4.78, 5) is 11.4. The van der Waals surface area contributed by atoms with Gasteiger partial charge in [0.05, 0.1) is 0 Å². The molecule has 0 bridgehead atoms. The minimum Gasteiger partial charge on any atom is -0.373 e. The number of carbonyl (C=O) groups is 1. The molecule has 118 valence electrons. The normalized spacial score (nSPS) is 14.1. The van der Waals surface area contributed by atoms with Crippen LogP contribution in [0.1, 0.15) is 46.5 Å². The van der Waals surface area contributed by atoms with Gasteiger partial charge in [0.15, 0.2) is 0 Å². The van der Waals surface area contributed by atoms with E-state index in [1.807, 2.05) is 26.0 Å². The number of nitrogens with one attached hydrogen (secondary N) is 1. The van der Waals surface area contributed by atoms with Crippen molar-refractivity contribution in [2.75, 3.05) is 0 Å². The summed E-state index contributed by atoms with van der Waals surface area (Å²) in [6.45, 7) is 5.82. The van der Waals surface area contributed by atoms with Crippen LogP contribution in [0.2, 0.25) is 0 Å². The van der Waals surface area contributed by atoms with Crippen molar-refractivity contribution >= 4 is 5.91 Å². The maximum atomic E-state index is 11.4. The van der Waals surface area contributed by atoms with Crippen LogP contribution >= 0.6 is 0 Å². The average molecular weight is 291 g/mol. The van der Waals surface area contributed by atoms with Crippen molar-refractivity contribution in [3.63, 3.8) is 0 Å². The third-order valence-electron chi connectivity index (χ3n) is 2.76. The molecule has 1 unspecified atom stereocenters. The van der Waals surface area contributed by atoms with Crippen molar-refractivity contribution in [1.82, 2.24) is 5.32 Å². The summed E-state index contributed by atoms with van der Waals surface area (Å²) < 4.78 is 0. The molecule has 21 heavy (non-hydrogen) atoms. The fraction of sp³-hybridized carbons (Fsp3) is 0.500. The van der Waals surface area contributed by atoms with E-state index in [-0.39, 0.29) is 11.8 Å². The number of amides is 1. The number of carbonyl (C=O) groups excluding carboxylic acids is 1. The Morgan fingerprint density at radius 1 is 1.05 bits per heavy atom. The summed E-state index contributed by atoms with van der Waals surface area (Å²) in [6.07, 6.45) is 18.9. The highest BCUT2D eigenvalue weighted by Crippen LogP contribution is 1.98. The van der Waals surface area contributed by atoms with E-state index in [0.29, 0.717) is 0 Å². The molecule has 0 saturated heterocycles.